The molecular formula is C42H27NS. The van der Waals surface area contributed by atoms with Crippen LogP contribution in [-0.4, -0.2) is 0 Å². The van der Waals surface area contributed by atoms with Crippen LogP contribution in [0.1, 0.15) is 0 Å². The molecule has 0 radical (unpaired) electrons. The van der Waals surface area contributed by atoms with Gasteiger partial charge in [0.2, 0.25) is 0 Å². The van der Waals surface area contributed by atoms with Crippen LogP contribution in [0.3, 0.4) is 0 Å². The first-order valence-electron chi connectivity index (χ1n) is 15.0. The topological polar surface area (TPSA) is 3.24 Å². The van der Waals surface area contributed by atoms with E-state index in [-0.39, 0.29) is 0 Å². The molecule has 0 atom stereocenters. The molecule has 8 aromatic carbocycles. The molecule has 206 valence electrons. The number of nitrogens with zero attached hydrogens (tertiary/aromatic N) is 1. The second kappa shape index (κ2) is 10.1. The molecule has 1 heterocycles. The lowest BCUT2D eigenvalue weighted by atomic mass is 9.99. The van der Waals surface area contributed by atoms with Crippen molar-refractivity contribution < 1.29 is 0 Å². The summed E-state index contributed by atoms with van der Waals surface area (Å²) in [6, 6.07) is 59.7. The van der Waals surface area contributed by atoms with E-state index < -0.39 is 0 Å². The normalized spacial score (nSPS) is 11.6. The summed E-state index contributed by atoms with van der Waals surface area (Å²) in [6.45, 7) is 0. The first-order valence-corrected chi connectivity index (χ1v) is 15.8. The first-order chi connectivity index (χ1) is 21.8. The summed E-state index contributed by atoms with van der Waals surface area (Å²) in [4.78, 5) is 2.44. The number of hydrogen-bond acceptors (Lipinski definition) is 2. The van der Waals surface area contributed by atoms with Crippen LogP contribution < -0.4 is 4.90 Å². The van der Waals surface area contributed by atoms with Crippen molar-refractivity contribution in [3.63, 3.8) is 0 Å². The molecule has 0 aliphatic heterocycles. The van der Waals surface area contributed by atoms with E-state index in [1.54, 1.807) is 0 Å². The Labute approximate surface area is 259 Å². The summed E-state index contributed by atoms with van der Waals surface area (Å²) in [5.41, 5.74) is 5.89. The van der Waals surface area contributed by atoms with E-state index in [0.717, 1.165) is 11.4 Å². The van der Waals surface area contributed by atoms with Gasteiger partial charge in [-0.1, -0.05) is 127 Å². The van der Waals surface area contributed by atoms with Crippen molar-refractivity contribution in [2.45, 2.75) is 0 Å². The number of thiophene rings is 1. The minimum atomic E-state index is 1.13. The second-order valence-corrected chi connectivity index (χ2v) is 12.4. The van der Waals surface area contributed by atoms with Crippen molar-refractivity contribution in [3.8, 4) is 11.1 Å². The average molecular weight is 578 g/mol. The smallest absolute Gasteiger partial charge is 0.0547 e. The SMILES string of the molecule is c1ccc(-c2ccc(N(c3ccc4c(ccc5ccccc54)c3)c3cc4c5ccccc5sc4c4ccccc34)cc2)cc1. The fourth-order valence-corrected chi connectivity index (χ4v) is 7.93. The van der Waals surface area contributed by atoms with Crippen molar-refractivity contribution in [2.24, 2.45) is 0 Å². The van der Waals surface area contributed by atoms with Crippen molar-refractivity contribution in [3.05, 3.63) is 164 Å². The van der Waals surface area contributed by atoms with E-state index in [0.29, 0.717) is 0 Å². The zero-order chi connectivity index (χ0) is 29.0. The second-order valence-electron chi connectivity index (χ2n) is 11.4. The molecule has 0 bridgehead atoms. The Morgan fingerprint density at radius 1 is 0.364 bits per heavy atom. The molecule has 1 nitrogen and oxygen atoms in total. The van der Waals surface area contributed by atoms with E-state index in [1.807, 2.05) is 11.3 Å². The molecule has 44 heavy (non-hydrogen) atoms. The Bertz CT molecular complexity index is 2490. The number of rotatable bonds is 4. The predicted molar refractivity (Wildman–Crippen MR) is 192 cm³/mol. The lowest BCUT2D eigenvalue weighted by Gasteiger charge is -2.28. The first kappa shape index (κ1) is 25.1. The maximum Gasteiger partial charge on any atom is 0.0547 e. The summed E-state index contributed by atoms with van der Waals surface area (Å²) in [7, 11) is 0. The Morgan fingerprint density at radius 3 is 1.82 bits per heavy atom. The van der Waals surface area contributed by atoms with Gasteiger partial charge in [0.1, 0.15) is 0 Å². The van der Waals surface area contributed by atoms with E-state index in [1.165, 1.54) is 69.3 Å². The molecule has 0 N–H and O–H groups in total. The van der Waals surface area contributed by atoms with E-state index in [9.17, 15) is 0 Å². The van der Waals surface area contributed by atoms with Crippen LogP contribution in [0.25, 0.3) is 63.6 Å². The Balaban J connectivity index is 1.32. The van der Waals surface area contributed by atoms with E-state index in [4.69, 9.17) is 0 Å². The molecule has 0 aliphatic carbocycles. The van der Waals surface area contributed by atoms with Crippen molar-refractivity contribution in [1.29, 1.82) is 0 Å². The monoisotopic (exact) mass is 577 g/mol. The van der Waals surface area contributed by atoms with Gasteiger partial charge in [-0.25, -0.2) is 0 Å². The van der Waals surface area contributed by atoms with Gasteiger partial charge >= 0.3 is 0 Å². The predicted octanol–water partition coefficient (Wildman–Crippen LogP) is 12.7. The molecule has 0 aliphatic rings. The van der Waals surface area contributed by atoms with Crippen LogP contribution in [0.4, 0.5) is 17.1 Å². The van der Waals surface area contributed by atoms with Crippen LogP contribution in [-0.2, 0) is 0 Å². The molecule has 0 unspecified atom stereocenters. The van der Waals surface area contributed by atoms with Crippen molar-refractivity contribution in [1.82, 2.24) is 0 Å². The highest BCUT2D eigenvalue weighted by atomic mass is 32.1. The summed E-state index contributed by atoms with van der Waals surface area (Å²) >= 11 is 1.89. The van der Waals surface area contributed by atoms with Crippen LogP contribution >= 0.6 is 11.3 Å². The summed E-state index contributed by atoms with van der Waals surface area (Å²) in [6.07, 6.45) is 0. The standard InChI is InChI=1S/C42H27NS/c1-2-10-28(11-3-1)29-20-22-32(23-21-29)43(33-24-25-35-31(26-33)19-18-30-12-4-5-13-34(30)35)40-27-39-37-15-8-9-17-41(37)44-42(39)38-16-7-6-14-36(38)40/h1-27H. The third kappa shape index (κ3) is 4.00. The highest BCUT2D eigenvalue weighted by Crippen LogP contribution is 2.47. The molecule has 1 aromatic heterocycles. The van der Waals surface area contributed by atoms with Gasteiger partial charge in [-0.2, -0.15) is 0 Å². The molecule has 9 rings (SSSR count). The lowest BCUT2D eigenvalue weighted by molar-refractivity contribution is 1.31. The summed E-state index contributed by atoms with van der Waals surface area (Å²) < 4.78 is 2.66. The molecule has 0 spiro atoms. The van der Waals surface area contributed by atoms with Crippen molar-refractivity contribution in [2.75, 3.05) is 4.90 Å². The highest BCUT2D eigenvalue weighted by Gasteiger charge is 2.20. The average Bonchev–Trinajstić information content (AvgIpc) is 3.48. The van der Waals surface area contributed by atoms with Gasteiger partial charge in [0.15, 0.2) is 0 Å². The third-order valence-electron chi connectivity index (χ3n) is 8.82. The van der Waals surface area contributed by atoms with Crippen LogP contribution in [0.5, 0.6) is 0 Å². The van der Waals surface area contributed by atoms with Gasteiger partial charge < -0.3 is 4.90 Å². The third-order valence-corrected chi connectivity index (χ3v) is 10.0. The van der Waals surface area contributed by atoms with Gasteiger partial charge in [0.05, 0.1) is 5.69 Å². The van der Waals surface area contributed by atoms with Crippen LogP contribution in [0.2, 0.25) is 0 Å². The molecule has 0 amide bonds. The number of benzene rings is 8. The Morgan fingerprint density at radius 2 is 0.977 bits per heavy atom. The van der Waals surface area contributed by atoms with Crippen LogP contribution in [0.15, 0.2) is 164 Å². The highest BCUT2D eigenvalue weighted by molar-refractivity contribution is 7.26. The Kier molecular flexibility index (Phi) is 5.75. The van der Waals surface area contributed by atoms with Crippen molar-refractivity contribution >= 4 is 80.9 Å². The van der Waals surface area contributed by atoms with E-state index in [2.05, 4.69) is 169 Å². The minimum absolute atomic E-state index is 1.13. The molecule has 2 heteroatoms. The van der Waals surface area contributed by atoms with Gasteiger partial charge in [-0.15, -0.1) is 11.3 Å². The summed E-state index contributed by atoms with van der Waals surface area (Å²) in [5.74, 6) is 0. The minimum Gasteiger partial charge on any atom is -0.310 e. The van der Waals surface area contributed by atoms with Gasteiger partial charge in [0, 0.05) is 42.3 Å². The Hall–Kier alpha value is -5.44. The number of hydrogen-bond donors (Lipinski definition) is 0. The van der Waals surface area contributed by atoms with Gasteiger partial charge in [-0.05, 0) is 69.1 Å². The lowest BCUT2D eigenvalue weighted by Crippen LogP contribution is -2.10. The van der Waals surface area contributed by atoms with Gasteiger partial charge in [0.25, 0.3) is 0 Å². The maximum absolute atomic E-state index is 2.44. The quantitative estimate of drug-likeness (QED) is 0.188. The van der Waals surface area contributed by atoms with Gasteiger partial charge in [-0.3, -0.25) is 0 Å². The van der Waals surface area contributed by atoms with Crippen LogP contribution in [0, 0.1) is 0 Å². The molecular weight excluding hydrogens is 551 g/mol. The zero-order valence-corrected chi connectivity index (χ0v) is 24.8. The number of fused-ring (bicyclic) bond motifs is 8. The molecule has 9 aromatic rings. The fraction of sp³-hybridized carbons (Fsp3) is 0. The molecule has 0 saturated heterocycles. The number of anilines is 3. The van der Waals surface area contributed by atoms with E-state index >= 15 is 0 Å². The maximum atomic E-state index is 2.44. The summed E-state index contributed by atoms with van der Waals surface area (Å²) in [5, 5.41) is 10.2. The molecule has 0 saturated carbocycles. The molecule has 0 fully saturated rings. The largest absolute Gasteiger partial charge is 0.310 e. The fourth-order valence-electron chi connectivity index (χ4n) is 6.71. The zero-order valence-electron chi connectivity index (χ0n) is 23.9.